The Kier molecular flexibility index (Phi) is 8.03. The van der Waals surface area contributed by atoms with Gasteiger partial charge in [-0.15, -0.1) is 0 Å². The van der Waals surface area contributed by atoms with Crippen molar-refractivity contribution in [3.63, 3.8) is 0 Å². The Morgan fingerprint density at radius 3 is 2.27 bits per heavy atom. The molecule has 3 aromatic rings. The van der Waals surface area contributed by atoms with E-state index in [2.05, 4.69) is 60.4 Å². The molecule has 214 valence electrons. The minimum absolute atomic E-state index is 0.00752. The lowest BCUT2D eigenvalue weighted by Crippen LogP contribution is -2.60. The van der Waals surface area contributed by atoms with Gasteiger partial charge in [0.25, 0.3) is 5.91 Å². The lowest BCUT2D eigenvalue weighted by Gasteiger charge is -2.53. The maximum Gasteiger partial charge on any atom is 0.274 e. The van der Waals surface area contributed by atoms with Gasteiger partial charge in [-0.3, -0.25) is 19.8 Å². The molecule has 0 unspecified atom stereocenters. The summed E-state index contributed by atoms with van der Waals surface area (Å²) in [5.74, 6) is 0.0263. The predicted molar refractivity (Wildman–Crippen MR) is 151 cm³/mol. The normalized spacial score (nSPS) is 17.3. The Morgan fingerprint density at radius 1 is 1.07 bits per heavy atom. The molecule has 0 atom stereocenters. The Bertz CT molecular complexity index is 1330. The van der Waals surface area contributed by atoms with Crippen LogP contribution >= 0.6 is 0 Å². The molecule has 1 fully saturated rings. The predicted octanol–water partition coefficient (Wildman–Crippen LogP) is 5.74. The number of carbonyl (C=O) groups excluding carboxylic acids is 2. The first-order valence-electron chi connectivity index (χ1n) is 13.4. The van der Waals surface area contributed by atoms with Crippen LogP contribution in [0.15, 0.2) is 53.2 Å². The van der Waals surface area contributed by atoms with E-state index in [4.69, 9.17) is 9.26 Å². The van der Waals surface area contributed by atoms with Crippen LogP contribution in [0.4, 0.5) is 16.0 Å². The van der Waals surface area contributed by atoms with Crippen molar-refractivity contribution in [3.05, 3.63) is 65.6 Å². The average molecular weight is 552 g/mol. The second-order valence-corrected chi connectivity index (χ2v) is 12.1. The summed E-state index contributed by atoms with van der Waals surface area (Å²) in [5, 5.41) is 9.02. The van der Waals surface area contributed by atoms with Crippen LogP contribution in [0.5, 0.6) is 5.75 Å². The number of halogens is 1. The highest BCUT2D eigenvalue weighted by molar-refractivity contribution is 6.02. The summed E-state index contributed by atoms with van der Waals surface area (Å²) in [7, 11) is 2.15. The number of piperidine rings is 1. The summed E-state index contributed by atoms with van der Waals surface area (Å²) in [6.07, 6.45) is 3.49. The fourth-order valence-corrected chi connectivity index (χ4v) is 5.02. The average Bonchev–Trinajstić information content (AvgIpc) is 3.33. The minimum atomic E-state index is -1.67. The third kappa shape index (κ3) is 7.04. The minimum Gasteiger partial charge on any atom is -0.489 e. The van der Waals surface area contributed by atoms with Crippen LogP contribution < -0.4 is 15.4 Å². The third-order valence-corrected chi connectivity index (χ3v) is 7.50. The fraction of sp³-hybridized carbons (Fsp3) is 0.467. The van der Waals surface area contributed by atoms with E-state index in [1.54, 1.807) is 42.6 Å². The monoisotopic (exact) mass is 551 g/mol. The number of alkyl halides is 1. The Labute approximate surface area is 234 Å². The molecule has 3 heterocycles. The van der Waals surface area contributed by atoms with Crippen molar-refractivity contribution in [1.82, 2.24) is 15.0 Å². The summed E-state index contributed by atoms with van der Waals surface area (Å²) in [6.45, 7) is 11.6. The van der Waals surface area contributed by atoms with Crippen LogP contribution in [0.3, 0.4) is 0 Å². The number of aromatic nitrogens is 2. The van der Waals surface area contributed by atoms with Gasteiger partial charge in [-0.2, -0.15) is 0 Å². The molecule has 2 amide bonds. The Balaban J connectivity index is 1.29. The maximum atomic E-state index is 13.9. The molecular weight excluding hydrogens is 513 g/mol. The number of anilines is 2. The summed E-state index contributed by atoms with van der Waals surface area (Å²) < 4.78 is 25.2. The van der Waals surface area contributed by atoms with Crippen LogP contribution in [-0.4, -0.2) is 51.1 Å². The van der Waals surface area contributed by atoms with E-state index in [1.165, 1.54) is 19.9 Å². The number of ether oxygens (including phenoxy) is 1. The molecule has 1 aliphatic rings. The van der Waals surface area contributed by atoms with Crippen LogP contribution in [-0.2, 0) is 16.9 Å². The molecule has 2 aromatic heterocycles. The van der Waals surface area contributed by atoms with Gasteiger partial charge in [0.15, 0.2) is 5.67 Å². The van der Waals surface area contributed by atoms with Gasteiger partial charge in [0.05, 0.1) is 12.6 Å². The molecule has 10 heteroatoms. The quantitative estimate of drug-likeness (QED) is 0.368. The zero-order chi connectivity index (χ0) is 29.3. The summed E-state index contributed by atoms with van der Waals surface area (Å²) in [5.41, 5.74) is 0.00586. The molecule has 4 rings (SSSR count). The van der Waals surface area contributed by atoms with E-state index < -0.39 is 5.67 Å². The van der Waals surface area contributed by atoms with E-state index in [0.29, 0.717) is 11.4 Å². The number of likely N-dealkylation sites (tertiary alicyclic amines) is 1. The number of pyridine rings is 1. The van der Waals surface area contributed by atoms with Crippen LogP contribution in [0.25, 0.3) is 0 Å². The first-order chi connectivity index (χ1) is 18.6. The van der Waals surface area contributed by atoms with E-state index in [0.717, 1.165) is 18.4 Å². The highest BCUT2D eigenvalue weighted by atomic mass is 19.1. The topological polar surface area (TPSA) is 110 Å². The van der Waals surface area contributed by atoms with Crippen LogP contribution in [0, 0.1) is 0 Å². The van der Waals surface area contributed by atoms with Crippen molar-refractivity contribution in [1.29, 1.82) is 0 Å². The van der Waals surface area contributed by atoms with Gasteiger partial charge in [0.1, 0.15) is 23.2 Å². The molecule has 9 nitrogen and oxygen atoms in total. The largest absolute Gasteiger partial charge is 0.489 e. The lowest BCUT2D eigenvalue weighted by atomic mass is 9.79. The molecule has 0 bridgehead atoms. The Hall–Kier alpha value is -3.79. The second kappa shape index (κ2) is 11.0. The van der Waals surface area contributed by atoms with Crippen molar-refractivity contribution in [2.75, 3.05) is 17.7 Å². The molecule has 40 heavy (non-hydrogen) atoms. The smallest absolute Gasteiger partial charge is 0.274 e. The molecule has 0 radical (unpaired) electrons. The first-order valence-corrected chi connectivity index (χ1v) is 13.4. The third-order valence-electron chi connectivity index (χ3n) is 7.50. The van der Waals surface area contributed by atoms with Gasteiger partial charge >= 0.3 is 0 Å². The van der Waals surface area contributed by atoms with E-state index in [-0.39, 0.29) is 52.7 Å². The summed E-state index contributed by atoms with van der Waals surface area (Å²) in [6, 6.07) is 11.7. The zero-order valence-corrected chi connectivity index (χ0v) is 24.2. The van der Waals surface area contributed by atoms with Crippen molar-refractivity contribution >= 4 is 23.4 Å². The van der Waals surface area contributed by atoms with Crippen molar-refractivity contribution in [3.8, 4) is 5.75 Å². The number of nitrogens with zero attached hydrogens (tertiary/aromatic N) is 3. The van der Waals surface area contributed by atoms with Crippen molar-refractivity contribution < 1.29 is 23.2 Å². The van der Waals surface area contributed by atoms with Gasteiger partial charge in [-0.25, -0.2) is 9.37 Å². The highest BCUT2D eigenvalue weighted by Crippen LogP contribution is 2.38. The molecule has 0 spiro atoms. The second-order valence-electron chi connectivity index (χ2n) is 12.1. The summed E-state index contributed by atoms with van der Waals surface area (Å²) in [4.78, 5) is 31.8. The van der Waals surface area contributed by atoms with E-state index >= 15 is 0 Å². The van der Waals surface area contributed by atoms with Gasteiger partial charge < -0.3 is 14.6 Å². The molecule has 1 aromatic carbocycles. The molecule has 0 saturated carbocycles. The van der Waals surface area contributed by atoms with Gasteiger partial charge in [-0.1, -0.05) is 17.3 Å². The number of benzene rings is 1. The van der Waals surface area contributed by atoms with Crippen molar-refractivity contribution in [2.24, 2.45) is 0 Å². The van der Waals surface area contributed by atoms with Crippen molar-refractivity contribution in [2.45, 2.75) is 83.7 Å². The number of carbonyl (C=O) groups is 2. The Morgan fingerprint density at radius 2 is 1.73 bits per heavy atom. The highest BCUT2D eigenvalue weighted by Gasteiger charge is 2.44. The number of nitrogens with one attached hydrogen (secondary N) is 2. The number of hydrogen-bond acceptors (Lipinski definition) is 7. The molecular formula is C30H38FN5O4. The standard InChI is InChI=1S/C30H38FN5O4/c1-28(2)16-22(17-29(3,4)36(28)7)39-21-12-13-23(32-18-21)27(38)33-20-10-8-19(9-11-20)14-25(37)34-26-15-24(35-40-26)30(5,6)31/h8-13,15,18,22H,14,16-17H2,1-7H3,(H,33,38)(H,34,37). The molecule has 2 N–H and O–H groups in total. The molecule has 1 saturated heterocycles. The number of hydrogen-bond donors (Lipinski definition) is 2. The zero-order valence-electron chi connectivity index (χ0n) is 24.2. The number of rotatable bonds is 8. The fourth-order valence-electron chi connectivity index (χ4n) is 5.02. The number of amides is 2. The van der Waals surface area contributed by atoms with Gasteiger partial charge in [0.2, 0.25) is 11.8 Å². The maximum absolute atomic E-state index is 13.9. The van der Waals surface area contributed by atoms with Gasteiger partial charge in [0, 0.05) is 35.7 Å². The van der Waals surface area contributed by atoms with Crippen LogP contribution in [0.2, 0.25) is 0 Å². The summed E-state index contributed by atoms with van der Waals surface area (Å²) >= 11 is 0. The SMILES string of the molecule is CN1C(C)(C)CC(Oc2ccc(C(=O)Nc3ccc(CC(=O)Nc4cc(C(C)(C)F)no4)cc3)nc2)CC1(C)C. The lowest BCUT2D eigenvalue weighted by molar-refractivity contribution is -0.115. The first kappa shape index (κ1) is 29.2. The van der Waals surface area contributed by atoms with E-state index in [9.17, 15) is 14.0 Å². The van der Waals surface area contributed by atoms with Crippen LogP contribution in [0.1, 0.15) is 76.1 Å². The molecule has 1 aliphatic heterocycles. The molecule has 0 aliphatic carbocycles. The van der Waals surface area contributed by atoms with Gasteiger partial charge in [-0.05, 0) is 78.4 Å². The van der Waals surface area contributed by atoms with E-state index in [1.807, 2.05) is 0 Å².